The smallest absolute Gasteiger partial charge is 0.227 e. The highest BCUT2D eigenvalue weighted by Gasteiger charge is 2.31. The average molecular weight is 240 g/mol. The van der Waals surface area contributed by atoms with Crippen LogP contribution in [0.2, 0.25) is 0 Å². The van der Waals surface area contributed by atoms with Gasteiger partial charge in [-0.1, -0.05) is 0 Å². The van der Waals surface area contributed by atoms with Crippen molar-refractivity contribution in [3.05, 3.63) is 0 Å². The van der Waals surface area contributed by atoms with E-state index in [0.717, 1.165) is 19.4 Å². The molecule has 2 rings (SSSR count). The number of rotatable bonds is 3. The lowest BCUT2D eigenvalue weighted by Gasteiger charge is -2.28. The van der Waals surface area contributed by atoms with Gasteiger partial charge in [-0.3, -0.25) is 9.59 Å². The van der Waals surface area contributed by atoms with Crippen LogP contribution in [0.4, 0.5) is 0 Å². The monoisotopic (exact) mass is 240 g/mol. The summed E-state index contributed by atoms with van der Waals surface area (Å²) in [7, 11) is 1.79. The minimum Gasteiger partial charge on any atom is -0.376 e. The van der Waals surface area contributed by atoms with E-state index in [2.05, 4.69) is 5.32 Å². The Labute approximate surface area is 101 Å². The summed E-state index contributed by atoms with van der Waals surface area (Å²) in [5.41, 5.74) is 0. The zero-order valence-electron chi connectivity index (χ0n) is 10.3. The minimum atomic E-state index is -0.184. The molecule has 2 saturated heterocycles. The van der Waals surface area contributed by atoms with E-state index in [1.54, 1.807) is 11.9 Å². The average Bonchev–Trinajstić information content (AvgIpc) is 2.76. The fraction of sp³-hybridized carbons (Fsp3) is 0.833. The number of nitrogens with one attached hydrogen (secondary N) is 1. The highest BCUT2D eigenvalue weighted by atomic mass is 16.5. The molecule has 0 radical (unpaired) electrons. The molecule has 0 bridgehead atoms. The first-order valence-electron chi connectivity index (χ1n) is 6.30. The first-order valence-corrected chi connectivity index (χ1v) is 6.30. The molecular formula is C12H20N2O3. The minimum absolute atomic E-state index is 0.0225. The molecule has 0 aromatic carbocycles. The Kier molecular flexibility index (Phi) is 3.99. The van der Waals surface area contributed by atoms with Crippen LogP contribution in [0.15, 0.2) is 0 Å². The zero-order valence-corrected chi connectivity index (χ0v) is 10.3. The lowest BCUT2D eigenvalue weighted by atomic mass is 10.1. The number of ether oxygens (including phenoxy) is 1. The molecule has 2 aliphatic rings. The molecule has 5 nitrogen and oxygen atoms in total. The molecule has 1 N–H and O–H groups in total. The number of nitrogens with zero attached hydrogens (tertiary/aromatic N) is 1. The summed E-state index contributed by atoms with van der Waals surface area (Å²) in [5, 5.41) is 2.69. The van der Waals surface area contributed by atoms with Crippen molar-refractivity contribution >= 4 is 11.8 Å². The van der Waals surface area contributed by atoms with Crippen molar-refractivity contribution in [3.8, 4) is 0 Å². The predicted molar refractivity (Wildman–Crippen MR) is 62.3 cm³/mol. The molecule has 0 aliphatic carbocycles. The first-order chi connectivity index (χ1) is 8.16. The lowest BCUT2D eigenvalue weighted by Crippen LogP contribution is -2.40. The van der Waals surface area contributed by atoms with Crippen molar-refractivity contribution in [2.75, 3.05) is 26.7 Å². The Morgan fingerprint density at radius 2 is 2.35 bits per heavy atom. The highest BCUT2D eigenvalue weighted by molar-refractivity contribution is 5.89. The molecule has 0 saturated carbocycles. The molecule has 0 aromatic rings. The molecular weight excluding hydrogens is 220 g/mol. The molecule has 2 heterocycles. The van der Waals surface area contributed by atoms with E-state index >= 15 is 0 Å². The second-order valence-electron chi connectivity index (χ2n) is 4.91. The third-order valence-corrected chi connectivity index (χ3v) is 3.45. The van der Waals surface area contributed by atoms with Crippen LogP contribution in [0.1, 0.15) is 25.7 Å². The molecule has 2 unspecified atom stereocenters. The third kappa shape index (κ3) is 3.19. The number of likely N-dealkylation sites (N-methyl/N-ethyl adjacent to an activating group) is 1. The van der Waals surface area contributed by atoms with E-state index < -0.39 is 0 Å². The number of amides is 2. The number of carbonyl (C=O) groups excluding carboxylic acids is 2. The van der Waals surface area contributed by atoms with Gasteiger partial charge in [0.2, 0.25) is 11.8 Å². The largest absolute Gasteiger partial charge is 0.376 e. The summed E-state index contributed by atoms with van der Waals surface area (Å²) in [6.45, 7) is 1.92. The van der Waals surface area contributed by atoms with Crippen molar-refractivity contribution in [3.63, 3.8) is 0 Å². The molecule has 2 amide bonds. The van der Waals surface area contributed by atoms with Crippen LogP contribution in [0.3, 0.4) is 0 Å². The van der Waals surface area contributed by atoms with Crippen LogP contribution in [-0.2, 0) is 14.3 Å². The number of carbonyl (C=O) groups is 2. The summed E-state index contributed by atoms with van der Waals surface area (Å²) in [6, 6.07) is 0. The summed E-state index contributed by atoms with van der Waals surface area (Å²) < 4.78 is 5.61. The van der Waals surface area contributed by atoms with Gasteiger partial charge in [0, 0.05) is 33.2 Å². The van der Waals surface area contributed by atoms with Crippen molar-refractivity contribution in [2.45, 2.75) is 31.8 Å². The van der Waals surface area contributed by atoms with Gasteiger partial charge in [0.25, 0.3) is 0 Å². The third-order valence-electron chi connectivity index (χ3n) is 3.45. The van der Waals surface area contributed by atoms with Crippen LogP contribution >= 0.6 is 0 Å². The highest BCUT2D eigenvalue weighted by Crippen LogP contribution is 2.16. The molecule has 0 spiro atoms. The molecule has 2 atom stereocenters. The molecule has 5 heteroatoms. The van der Waals surface area contributed by atoms with E-state index in [1.807, 2.05) is 0 Å². The van der Waals surface area contributed by atoms with E-state index in [-0.39, 0.29) is 23.8 Å². The van der Waals surface area contributed by atoms with E-state index in [1.165, 1.54) is 6.42 Å². The maximum Gasteiger partial charge on any atom is 0.227 e. The summed E-state index contributed by atoms with van der Waals surface area (Å²) in [5.74, 6) is -0.153. The number of hydrogen-bond acceptors (Lipinski definition) is 3. The Morgan fingerprint density at radius 1 is 1.53 bits per heavy atom. The Bertz CT molecular complexity index is 300. The maximum atomic E-state index is 12.0. The van der Waals surface area contributed by atoms with Gasteiger partial charge in [0.05, 0.1) is 12.0 Å². The second-order valence-corrected chi connectivity index (χ2v) is 4.91. The topological polar surface area (TPSA) is 58.6 Å². The first kappa shape index (κ1) is 12.4. The van der Waals surface area contributed by atoms with Gasteiger partial charge in [0.15, 0.2) is 0 Å². The van der Waals surface area contributed by atoms with Gasteiger partial charge in [-0.05, 0) is 19.3 Å². The van der Waals surface area contributed by atoms with E-state index in [0.29, 0.717) is 19.5 Å². The SMILES string of the molecule is CN(CC1CCCCO1)C(=O)C1CNC(=O)C1. The van der Waals surface area contributed by atoms with Crippen LogP contribution in [0.25, 0.3) is 0 Å². The van der Waals surface area contributed by atoms with Gasteiger partial charge >= 0.3 is 0 Å². The Morgan fingerprint density at radius 3 is 2.94 bits per heavy atom. The Hall–Kier alpha value is -1.10. The van der Waals surface area contributed by atoms with Gasteiger partial charge in [-0.15, -0.1) is 0 Å². The Balaban J connectivity index is 1.80. The van der Waals surface area contributed by atoms with Crippen LogP contribution < -0.4 is 5.32 Å². The molecule has 2 fully saturated rings. The van der Waals surface area contributed by atoms with Crippen molar-refractivity contribution in [1.29, 1.82) is 0 Å². The van der Waals surface area contributed by atoms with Gasteiger partial charge < -0.3 is 15.0 Å². The van der Waals surface area contributed by atoms with Crippen LogP contribution in [0.5, 0.6) is 0 Å². The van der Waals surface area contributed by atoms with Crippen molar-refractivity contribution in [2.24, 2.45) is 5.92 Å². The molecule has 96 valence electrons. The second kappa shape index (κ2) is 5.49. The normalized spacial score (nSPS) is 28.9. The van der Waals surface area contributed by atoms with E-state index in [4.69, 9.17) is 4.74 Å². The van der Waals surface area contributed by atoms with Crippen molar-refractivity contribution in [1.82, 2.24) is 10.2 Å². The maximum absolute atomic E-state index is 12.0. The fourth-order valence-electron chi connectivity index (χ4n) is 2.44. The predicted octanol–water partition coefficient (Wildman–Crippen LogP) is 0.150. The summed E-state index contributed by atoms with van der Waals surface area (Å²) >= 11 is 0. The quantitative estimate of drug-likeness (QED) is 0.764. The zero-order chi connectivity index (χ0) is 12.3. The van der Waals surface area contributed by atoms with Gasteiger partial charge in [0.1, 0.15) is 0 Å². The summed E-state index contributed by atoms with van der Waals surface area (Å²) in [6.07, 6.45) is 3.82. The molecule has 17 heavy (non-hydrogen) atoms. The van der Waals surface area contributed by atoms with E-state index in [9.17, 15) is 9.59 Å². The van der Waals surface area contributed by atoms with Crippen LogP contribution in [-0.4, -0.2) is 49.6 Å². The fourth-order valence-corrected chi connectivity index (χ4v) is 2.44. The number of hydrogen-bond donors (Lipinski definition) is 1. The van der Waals surface area contributed by atoms with Gasteiger partial charge in [-0.2, -0.15) is 0 Å². The lowest BCUT2D eigenvalue weighted by molar-refractivity contribution is -0.136. The summed E-state index contributed by atoms with van der Waals surface area (Å²) in [4.78, 5) is 24.8. The van der Waals surface area contributed by atoms with Crippen molar-refractivity contribution < 1.29 is 14.3 Å². The van der Waals surface area contributed by atoms with Crippen LogP contribution in [0, 0.1) is 5.92 Å². The van der Waals surface area contributed by atoms with Gasteiger partial charge in [-0.25, -0.2) is 0 Å². The molecule has 2 aliphatic heterocycles. The standard InChI is InChI=1S/C12H20N2O3/c1-14(8-10-4-2-3-5-17-10)12(16)9-6-11(15)13-7-9/h9-10H,2-8H2,1H3,(H,13,15). The molecule has 0 aromatic heterocycles.